The monoisotopic (exact) mass is 523 g/mol. The minimum atomic E-state index is 0. The SMILES string of the molecule is CCNC(=NCc1nncn1-c1ccccc1)N1CCN(c2cccs2)CC1.I. The van der Waals surface area contributed by atoms with Gasteiger partial charge in [-0.1, -0.05) is 18.2 Å². The number of nitrogens with one attached hydrogen (secondary N) is 1. The minimum absolute atomic E-state index is 0. The first-order valence-electron chi connectivity index (χ1n) is 9.61. The molecule has 0 bridgehead atoms. The highest BCUT2D eigenvalue weighted by Gasteiger charge is 2.20. The van der Waals surface area contributed by atoms with Crippen molar-refractivity contribution in [1.29, 1.82) is 0 Å². The summed E-state index contributed by atoms with van der Waals surface area (Å²) in [6.07, 6.45) is 1.74. The molecule has 0 saturated carbocycles. The molecule has 0 unspecified atom stereocenters. The summed E-state index contributed by atoms with van der Waals surface area (Å²) in [5.74, 6) is 1.77. The second-order valence-corrected chi connectivity index (χ2v) is 7.47. The second-order valence-electron chi connectivity index (χ2n) is 6.55. The molecule has 4 rings (SSSR count). The van der Waals surface area contributed by atoms with Crippen molar-refractivity contribution in [3.05, 3.63) is 60.0 Å². The van der Waals surface area contributed by atoms with Crippen LogP contribution in [0.15, 0.2) is 59.2 Å². The molecular weight excluding hydrogens is 497 g/mol. The number of aromatic nitrogens is 3. The maximum atomic E-state index is 4.85. The molecule has 1 aliphatic heterocycles. The molecule has 0 aliphatic carbocycles. The van der Waals surface area contributed by atoms with Gasteiger partial charge in [0.25, 0.3) is 0 Å². The first-order valence-corrected chi connectivity index (χ1v) is 10.5. The van der Waals surface area contributed by atoms with Crippen LogP contribution in [0.5, 0.6) is 0 Å². The van der Waals surface area contributed by atoms with Crippen molar-refractivity contribution in [2.75, 3.05) is 37.6 Å². The lowest BCUT2D eigenvalue weighted by atomic mass is 10.3. The molecule has 154 valence electrons. The standard InChI is InChI=1S/C20H25N7S.HI/c1-2-21-20(26-12-10-25(11-13-26)19-9-6-14-28-19)22-15-18-24-23-16-27(18)17-7-4-3-5-8-17;/h3-9,14,16H,2,10-13,15H2,1H3,(H,21,22);1H. The molecule has 0 atom stereocenters. The van der Waals surface area contributed by atoms with Crippen molar-refractivity contribution >= 4 is 46.3 Å². The predicted octanol–water partition coefficient (Wildman–Crippen LogP) is 3.23. The van der Waals surface area contributed by atoms with Crippen LogP contribution in [0.3, 0.4) is 0 Å². The van der Waals surface area contributed by atoms with Crippen LogP contribution >= 0.6 is 35.3 Å². The van der Waals surface area contributed by atoms with Crippen LogP contribution in [-0.4, -0.2) is 58.3 Å². The highest BCUT2D eigenvalue weighted by Crippen LogP contribution is 2.22. The number of benzene rings is 1. The second kappa shape index (κ2) is 10.6. The molecule has 1 aromatic carbocycles. The van der Waals surface area contributed by atoms with Crippen molar-refractivity contribution in [2.24, 2.45) is 4.99 Å². The first kappa shape index (κ1) is 21.6. The highest BCUT2D eigenvalue weighted by atomic mass is 127. The number of thiophene rings is 1. The van der Waals surface area contributed by atoms with E-state index in [9.17, 15) is 0 Å². The van der Waals surface area contributed by atoms with E-state index in [0.717, 1.165) is 50.2 Å². The molecule has 0 amide bonds. The van der Waals surface area contributed by atoms with Crippen molar-refractivity contribution < 1.29 is 0 Å². The fourth-order valence-electron chi connectivity index (χ4n) is 3.33. The Hall–Kier alpha value is -2.14. The zero-order valence-corrected chi connectivity index (χ0v) is 19.6. The largest absolute Gasteiger partial charge is 0.360 e. The third-order valence-electron chi connectivity index (χ3n) is 4.75. The van der Waals surface area contributed by atoms with Crippen molar-refractivity contribution in [1.82, 2.24) is 25.0 Å². The summed E-state index contributed by atoms with van der Waals surface area (Å²) in [6, 6.07) is 14.4. The van der Waals surface area contributed by atoms with Gasteiger partial charge in [-0.05, 0) is 36.6 Å². The van der Waals surface area contributed by atoms with E-state index in [-0.39, 0.29) is 24.0 Å². The number of guanidine groups is 1. The predicted molar refractivity (Wildman–Crippen MR) is 130 cm³/mol. The van der Waals surface area contributed by atoms with Gasteiger partial charge in [0.2, 0.25) is 0 Å². The van der Waals surface area contributed by atoms with Gasteiger partial charge < -0.3 is 15.1 Å². The molecule has 0 radical (unpaired) electrons. The van der Waals surface area contributed by atoms with Crippen LogP contribution in [0, 0.1) is 0 Å². The molecule has 7 nitrogen and oxygen atoms in total. The quantitative estimate of drug-likeness (QED) is 0.316. The Morgan fingerprint density at radius 3 is 2.59 bits per heavy atom. The van der Waals surface area contributed by atoms with Crippen LogP contribution in [-0.2, 0) is 6.54 Å². The molecule has 9 heteroatoms. The highest BCUT2D eigenvalue weighted by molar-refractivity contribution is 14.0. The van der Waals surface area contributed by atoms with Gasteiger partial charge in [-0.3, -0.25) is 4.57 Å². The summed E-state index contributed by atoms with van der Waals surface area (Å²) in [5.41, 5.74) is 1.05. The number of anilines is 1. The van der Waals surface area contributed by atoms with E-state index in [1.165, 1.54) is 5.00 Å². The molecule has 29 heavy (non-hydrogen) atoms. The number of halogens is 1. The van der Waals surface area contributed by atoms with E-state index < -0.39 is 0 Å². The average Bonchev–Trinajstić information content (AvgIpc) is 3.44. The molecule has 3 aromatic rings. The van der Waals surface area contributed by atoms with Gasteiger partial charge in [0, 0.05) is 38.4 Å². The summed E-state index contributed by atoms with van der Waals surface area (Å²) in [5, 5.41) is 15.3. The van der Waals surface area contributed by atoms with Crippen LogP contribution in [0.2, 0.25) is 0 Å². The van der Waals surface area contributed by atoms with Gasteiger partial charge in [-0.15, -0.1) is 45.5 Å². The van der Waals surface area contributed by atoms with Crippen molar-refractivity contribution in [2.45, 2.75) is 13.5 Å². The zero-order chi connectivity index (χ0) is 19.2. The average molecular weight is 523 g/mol. The molecule has 3 heterocycles. The summed E-state index contributed by atoms with van der Waals surface area (Å²) in [4.78, 5) is 9.62. The Morgan fingerprint density at radius 1 is 1.10 bits per heavy atom. The lowest BCUT2D eigenvalue weighted by Gasteiger charge is -2.37. The van der Waals surface area contributed by atoms with Gasteiger partial charge in [0.05, 0.1) is 5.00 Å². The smallest absolute Gasteiger partial charge is 0.194 e. The number of nitrogens with zero attached hydrogens (tertiary/aromatic N) is 6. The van der Waals surface area contributed by atoms with Gasteiger partial charge in [0.15, 0.2) is 11.8 Å². The molecule has 1 fully saturated rings. The molecule has 1 aliphatic rings. The lowest BCUT2D eigenvalue weighted by Crippen LogP contribution is -2.52. The summed E-state index contributed by atoms with van der Waals surface area (Å²) >= 11 is 1.80. The third kappa shape index (κ3) is 5.27. The molecule has 1 N–H and O–H groups in total. The van der Waals surface area contributed by atoms with Crippen molar-refractivity contribution in [3.63, 3.8) is 0 Å². The van der Waals surface area contributed by atoms with E-state index in [4.69, 9.17) is 4.99 Å². The maximum Gasteiger partial charge on any atom is 0.194 e. The first-order chi connectivity index (χ1) is 13.8. The Morgan fingerprint density at radius 2 is 1.90 bits per heavy atom. The fourth-order valence-corrected chi connectivity index (χ4v) is 4.12. The van der Waals surface area contributed by atoms with Gasteiger partial charge in [0.1, 0.15) is 12.9 Å². The molecule has 0 spiro atoms. The lowest BCUT2D eigenvalue weighted by molar-refractivity contribution is 0.373. The Labute approximate surface area is 192 Å². The maximum absolute atomic E-state index is 4.85. The van der Waals surface area contributed by atoms with E-state index in [1.807, 2.05) is 34.9 Å². The summed E-state index contributed by atoms with van der Waals surface area (Å²) in [7, 11) is 0. The van der Waals surface area contributed by atoms with Crippen LogP contribution in [0.4, 0.5) is 5.00 Å². The van der Waals surface area contributed by atoms with Crippen LogP contribution in [0.25, 0.3) is 5.69 Å². The molecule has 2 aromatic heterocycles. The van der Waals surface area contributed by atoms with Gasteiger partial charge in [-0.2, -0.15) is 0 Å². The Balaban J connectivity index is 0.00000240. The number of rotatable bonds is 5. The topological polar surface area (TPSA) is 61.6 Å². The molecular formula is C20H26IN7S. The third-order valence-corrected chi connectivity index (χ3v) is 5.68. The van der Waals surface area contributed by atoms with Crippen LogP contribution in [0.1, 0.15) is 12.7 Å². The number of hydrogen-bond donors (Lipinski definition) is 1. The number of piperazine rings is 1. The van der Waals surface area contributed by atoms with Crippen LogP contribution < -0.4 is 10.2 Å². The zero-order valence-electron chi connectivity index (χ0n) is 16.4. The number of hydrogen-bond acceptors (Lipinski definition) is 5. The van der Waals surface area contributed by atoms with E-state index in [0.29, 0.717) is 6.54 Å². The van der Waals surface area contributed by atoms with E-state index in [2.05, 4.69) is 49.8 Å². The van der Waals surface area contributed by atoms with Gasteiger partial charge in [-0.25, -0.2) is 4.99 Å². The summed E-state index contributed by atoms with van der Waals surface area (Å²) in [6.45, 7) is 7.35. The van der Waals surface area contributed by atoms with E-state index in [1.54, 1.807) is 17.7 Å². The Bertz CT molecular complexity index is 887. The normalized spacial score (nSPS) is 14.6. The number of para-hydroxylation sites is 1. The Kier molecular flexibility index (Phi) is 7.87. The molecule has 1 saturated heterocycles. The minimum Gasteiger partial charge on any atom is -0.360 e. The number of aliphatic imine (C=N–C) groups is 1. The van der Waals surface area contributed by atoms with Crippen molar-refractivity contribution in [3.8, 4) is 5.69 Å². The summed E-state index contributed by atoms with van der Waals surface area (Å²) < 4.78 is 1.99. The van der Waals surface area contributed by atoms with Gasteiger partial charge >= 0.3 is 0 Å². The van der Waals surface area contributed by atoms with E-state index >= 15 is 0 Å². The fraction of sp³-hybridized carbons (Fsp3) is 0.350.